The van der Waals surface area contributed by atoms with Crippen LogP contribution in [0.15, 0.2) is 0 Å². The van der Waals surface area contributed by atoms with Crippen molar-refractivity contribution in [2.75, 3.05) is 20.8 Å². The maximum Gasteiger partial charge on any atom is 0.151 e. The van der Waals surface area contributed by atoms with Crippen molar-refractivity contribution < 1.29 is 29.6 Å². The fourth-order valence-electron chi connectivity index (χ4n) is 1.05. The van der Waals surface area contributed by atoms with Crippen LogP contribution < -0.4 is 0 Å². The van der Waals surface area contributed by atoms with Crippen molar-refractivity contribution in [3.63, 3.8) is 0 Å². The number of aliphatic hydroxyl groups excluding tert-OH is 3. The van der Waals surface area contributed by atoms with Crippen LogP contribution in [0.4, 0.5) is 0 Å². The van der Waals surface area contributed by atoms with Crippen LogP contribution in [0.2, 0.25) is 0 Å². The Bertz CT molecular complexity index is 162. The second-order valence-corrected chi connectivity index (χ2v) is 2.84. The van der Waals surface area contributed by atoms with E-state index in [-0.39, 0.29) is 12.9 Å². The first-order chi connectivity index (χ1) is 6.58. The number of aliphatic hydroxyl groups is 3. The van der Waals surface area contributed by atoms with Gasteiger partial charge in [0.25, 0.3) is 0 Å². The van der Waals surface area contributed by atoms with E-state index in [4.69, 9.17) is 5.11 Å². The Balaban J connectivity index is 4.28. The Hall–Kier alpha value is -0.530. The topological polar surface area (TPSA) is 96.2 Å². The molecule has 0 heterocycles. The zero-order chi connectivity index (χ0) is 11.1. The highest BCUT2D eigenvalue weighted by Gasteiger charge is 2.31. The molecule has 0 radical (unpaired) electrons. The van der Waals surface area contributed by atoms with E-state index in [1.807, 2.05) is 0 Å². The Kier molecular flexibility index (Phi) is 6.60. The molecule has 0 spiro atoms. The molecule has 84 valence electrons. The fraction of sp³-hybridized carbons (Fsp3) is 0.875. The van der Waals surface area contributed by atoms with E-state index in [0.717, 1.165) is 0 Å². The van der Waals surface area contributed by atoms with Gasteiger partial charge in [0.05, 0.1) is 6.61 Å². The van der Waals surface area contributed by atoms with Gasteiger partial charge in [-0.15, -0.1) is 0 Å². The van der Waals surface area contributed by atoms with Crippen LogP contribution in [0.25, 0.3) is 0 Å². The second kappa shape index (κ2) is 6.86. The van der Waals surface area contributed by atoms with Gasteiger partial charge in [0.15, 0.2) is 6.29 Å². The molecular weight excluding hydrogens is 192 g/mol. The average molecular weight is 208 g/mol. The molecule has 14 heavy (non-hydrogen) atoms. The summed E-state index contributed by atoms with van der Waals surface area (Å²) in [6.45, 7) is -0.105. The Labute approximate surface area is 82.1 Å². The standard InChI is InChI=1S/C8H16O6/c1-13-4-6(11)7(12)8(14-2)5(10)3-9/h3,5-8,10-12H,4H2,1-2H3/t5-,6-,7-,8-/m1/s1. The molecule has 0 bridgehead atoms. The summed E-state index contributed by atoms with van der Waals surface area (Å²) >= 11 is 0. The third kappa shape index (κ3) is 3.69. The lowest BCUT2D eigenvalue weighted by atomic mass is 10.0. The predicted octanol–water partition coefficient (Wildman–Crippen LogP) is -2.07. The van der Waals surface area contributed by atoms with Crippen LogP contribution >= 0.6 is 0 Å². The van der Waals surface area contributed by atoms with Crippen LogP contribution in [-0.2, 0) is 14.3 Å². The zero-order valence-electron chi connectivity index (χ0n) is 8.16. The summed E-state index contributed by atoms with van der Waals surface area (Å²) in [5.74, 6) is 0. The fourth-order valence-corrected chi connectivity index (χ4v) is 1.05. The summed E-state index contributed by atoms with van der Waals surface area (Å²) in [5, 5.41) is 27.8. The summed E-state index contributed by atoms with van der Waals surface area (Å²) in [4.78, 5) is 10.2. The van der Waals surface area contributed by atoms with Gasteiger partial charge in [-0.25, -0.2) is 0 Å². The SMILES string of the molecule is COC[C@@H](O)[C@@H](O)[C@H](OC)[C@H](O)C=O. The first-order valence-electron chi connectivity index (χ1n) is 4.09. The van der Waals surface area contributed by atoms with Crippen LogP contribution in [0.3, 0.4) is 0 Å². The van der Waals surface area contributed by atoms with Crippen LogP contribution in [0, 0.1) is 0 Å². The van der Waals surface area contributed by atoms with Gasteiger partial charge in [-0.3, -0.25) is 0 Å². The Morgan fingerprint density at radius 1 is 1.29 bits per heavy atom. The first-order valence-corrected chi connectivity index (χ1v) is 4.09. The number of aldehydes is 1. The smallest absolute Gasteiger partial charge is 0.151 e. The van der Waals surface area contributed by atoms with E-state index in [9.17, 15) is 15.0 Å². The molecule has 0 aliphatic rings. The number of carbonyl (C=O) groups excluding carboxylic acids is 1. The van der Waals surface area contributed by atoms with Crippen LogP contribution in [-0.4, -0.2) is 66.8 Å². The minimum Gasteiger partial charge on any atom is -0.388 e. The van der Waals surface area contributed by atoms with E-state index < -0.39 is 24.4 Å². The van der Waals surface area contributed by atoms with Crippen molar-refractivity contribution in [3.05, 3.63) is 0 Å². The first kappa shape index (κ1) is 13.5. The highest BCUT2D eigenvalue weighted by Crippen LogP contribution is 2.07. The van der Waals surface area contributed by atoms with Gasteiger partial charge in [-0.05, 0) is 0 Å². The molecule has 0 aromatic carbocycles. The maximum absolute atomic E-state index is 10.2. The second-order valence-electron chi connectivity index (χ2n) is 2.84. The highest BCUT2D eigenvalue weighted by atomic mass is 16.5. The Morgan fingerprint density at radius 3 is 2.21 bits per heavy atom. The number of rotatable bonds is 7. The Morgan fingerprint density at radius 2 is 1.86 bits per heavy atom. The number of hydrogen-bond donors (Lipinski definition) is 3. The van der Waals surface area contributed by atoms with E-state index in [1.165, 1.54) is 14.2 Å². The molecular formula is C8H16O6. The molecule has 0 aliphatic heterocycles. The van der Waals surface area contributed by atoms with E-state index >= 15 is 0 Å². The molecule has 4 atom stereocenters. The molecule has 0 fully saturated rings. The van der Waals surface area contributed by atoms with Crippen LogP contribution in [0.5, 0.6) is 0 Å². The molecule has 0 saturated carbocycles. The van der Waals surface area contributed by atoms with Crippen molar-refractivity contribution in [1.82, 2.24) is 0 Å². The largest absolute Gasteiger partial charge is 0.388 e. The van der Waals surface area contributed by atoms with Gasteiger partial charge >= 0.3 is 0 Å². The minimum atomic E-state index is -1.47. The molecule has 0 rings (SSSR count). The van der Waals surface area contributed by atoms with Gasteiger partial charge in [0, 0.05) is 14.2 Å². The van der Waals surface area contributed by atoms with Crippen molar-refractivity contribution in [2.24, 2.45) is 0 Å². The zero-order valence-corrected chi connectivity index (χ0v) is 8.16. The molecule has 0 aliphatic carbocycles. The van der Waals surface area contributed by atoms with E-state index in [0.29, 0.717) is 0 Å². The van der Waals surface area contributed by atoms with Gasteiger partial charge in [0.1, 0.15) is 24.4 Å². The lowest BCUT2D eigenvalue weighted by molar-refractivity contribution is -0.144. The normalized spacial score (nSPS) is 19.8. The highest BCUT2D eigenvalue weighted by molar-refractivity contribution is 5.56. The monoisotopic (exact) mass is 208 g/mol. The molecule has 0 unspecified atom stereocenters. The summed E-state index contributed by atoms with van der Waals surface area (Å²) in [7, 11) is 2.58. The van der Waals surface area contributed by atoms with Gasteiger partial charge < -0.3 is 29.6 Å². The number of hydrogen-bond acceptors (Lipinski definition) is 6. The molecule has 0 aromatic rings. The van der Waals surface area contributed by atoms with Crippen molar-refractivity contribution in [1.29, 1.82) is 0 Å². The third-order valence-corrected chi connectivity index (χ3v) is 1.82. The molecule has 0 saturated heterocycles. The van der Waals surface area contributed by atoms with Gasteiger partial charge in [-0.1, -0.05) is 0 Å². The average Bonchev–Trinajstić information content (AvgIpc) is 2.18. The van der Waals surface area contributed by atoms with Gasteiger partial charge in [0.2, 0.25) is 0 Å². The third-order valence-electron chi connectivity index (χ3n) is 1.82. The summed E-state index contributed by atoms with van der Waals surface area (Å²) in [6.07, 6.45) is -4.98. The molecule has 0 aromatic heterocycles. The quantitative estimate of drug-likeness (QED) is 0.416. The minimum absolute atomic E-state index is 0.105. The van der Waals surface area contributed by atoms with Crippen molar-refractivity contribution >= 4 is 6.29 Å². The number of carbonyl (C=O) groups is 1. The van der Waals surface area contributed by atoms with E-state index in [1.54, 1.807) is 0 Å². The number of methoxy groups -OCH3 is 2. The van der Waals surface area contributed by atoms with Crippen molar-refractivity contribution in [3.8, 4) is 0 Å². The summed E-state index contributed by atoms with van der Waals surface area (Å²) < 4.78 is 9.28. The maximum atomic E-state index is 10.2. The van der Waals surface area contributed by atoms with Crippen LogP contribution in [0.1, 0.15) is 0 Å². The molecule has 0 amide bonds. The summed E-state index contributed by atoms with van der Waals surface area (Å²) in [6, 6.07) is 0. The summed E-state index contributed by atoms with van der Waals surface area (Å²) in [5.41, 5.74) is 0. The van der Waals surface area contributed by atoms with Gasteiger partial charge in [-0.2, -0.15) is 0 Å². The molecule has 6 heteroatoms. The molecule has 3 N–H and O–H groups in total. The van der Waals surface area contributed by atoms with E-state index in [2.05, 4.69) is 9.47 Å². The lowest BCUT2D eigenvalue weighted by Gasteiger charge is -2.26. The predicted molar refractivity (Wildman–Crippen MR) is 46.8 cm³/mol. The molecule has 6 nitrogen and oxygen atoms in total. The lowest BCUT2D eigenvalue weighted by Crippen LogP contribution is -2.47. The number of ether oxygens (including phenoxy) is 2. The van der Waals surface area contributed by atoms with Crippen molar-refractivity contribution in [2.45, 2.75) is 24.4 Å².